The number of pyridine rings is 1. The number of hydrogen-bond acceptors (Lipinski definition) is 2. The van der Waals surface area contributed by atoms with Crippen molar-refractivity contribution in [2.24, 2.45) is 7.05 Å². The quantitative estimate of drug-likeness (QED) is 0.564. The van der Waals surface area contributed by atoms with Crippen molar-refractivity contribution in [3.63, 3.8) is 0 Å². The zero-order chi connectivity index (χ0) is 7.72. The van der Waals surface area contributed by atoms with E-state index in [1.165, 1.54) is 11.6 Å². The minimum absolute atomic E-state index is 0.567. The summed E-state index contributed by atoms with van der Waals surface area (Å²) in [5.41, 5.74) is -0.960. The van der Waals surface area contributed by atoms with E-state index in [2.05, 4.69) is 0 Å². The molecule has 0 aromatic carbocycles. The van der Waals surface area contributed by atoms with Crippen LogP contribution in [0.25, 0.3) is 0 Å². The molecule has 1 aromatic rings. The van der Waals surface area contributed by atoms with Crippen molar-refractivity contribution in [2.45, 2.75) is 0 Å². The summed E-state index contributed by atoms with van der Waals surface area (Å²) in [6, 6.07) is 0. The molecule has 1 N–H and O–H groups in total. The van der Waals surface area contributed by atoms with Gasteiger partial charge < -0.3 is 9.67 Å². The Labute approximate surface area is 56.3 Å². The molecule has 4 heteroatoms. The van der Waals surface area contributed by atoms with E-state index in [9.17, 15) is 9.18 Å². The molecular formula is C6H6FNO2. The zero-order valence-corrected chi connectivity index (χ0v) is 5.34. The van der Waals surface area contributed by atoms with Crippen LogP contribution in [0.1, 0.15) is 0 Å². The molecule has 0 fully saturated rings. The van der Waals surface area contributed by atoms with Crippen molar-refractivity contribution in [3.8, 4) is 5.75 Å². The second-order valence-corrected chi connectivity index (χ2v) is 1.99. The lowest BCUT2D eigenvalue weighted by Crippen LogP contribution is -2.08. The van der Waals surface area contributed by atoms with Gasteiger partial charge in [-0.05, 0) is 0 Å². The van der Waals surface area contributed by atoms with Gasteiger partial charge in [0.2, 0.25) is 0 Å². The molecule has 0 aliphatic carbocycles. The van der Waals surface area contributed by atoms with E-state index in [-0.39, 0.29) is 0 Å². The number of aromatic hydroxyl groups is 1. The molecular weight excluding hydrogens is 137 g/mol. The lowest BCUT2D eigenvalue weighted by molar-refractivity contribution is 0.452. The highest BCUT2D eigenvalue weighted by atomic mass is 19.1. The number of aryl methyl sites for hydroxylation is 1. The fourth-order valence-corrected chi connectivity index (χ4v) is 0.649. The minimum Gasteiger partial charge on any atom is -0.503 e. The van der Waals surface area contributed by atoms with Crippen LogP contribution < -0.4 is 5.43 Å². The van der Waals surface area contributed by atoms with E-state index in [0.29, 0.717) is 0 Å². The summed E-state index contributed by atoms with van der Waals surface area (Å²) < 4.78 is 13.6. The monoisotopic (exact) mass is 143 g/mol. The molecule has 1 aromatic heterocycles. The van der Waals surface area contributed by atoms with Crippen LogP contribution in [0.5, 0.6) is 5.75 Å². The van der Waals surface area contributed by atoms with Crippen LogP contribution in [-0.4, -0.2) is 9.67 Å². The highest BCUT2D eigenvalue weighted by molar-refractivity contribution is 5.16. The molecule has 10 heavy (non-hydrogen) atoms. The minimum atomic E-state index is -0.960. The Morgan fingerprint density at radius 2 is 2.20 bits per heavy atom. The Kier molecular flexibility index (Phi) is 1.45. The molecule has 54 valence electrons. The van der Waals surface area contributed by atoms with Crippen LogP contribution in [0.3, 0.4) is 0 Å². The number of hydrogen-bond donors (Lipinski definition) is 1. The van der Waals surface area contributed by atoms with Crippen molar-refractivity contribution in [2.75, 3.05) is 0 Å². The second-order valence-electron chi connectivity index (χ2n) is 1.99. The molecule has 0 atom stereocenters. The van der Waals surface area contributed by atoms with E-state index in [0.717, 1.165) is 12.4 Å². The maximum Gasteiger partial charge on any atom is 0.258 e. The summed E-state index contributed by atoms with van der Waals surface area (Å²) in [6.07, 6.45) is 2.15. The Balaban J connectivity index is 3.46. The van der Waals surface area contributed by atoms with Crippen LogP contribution in [0.4, 0.5) is 4.39 Å². The lowest BCUT2D eigenvalue weighted by Gasteiger charge is -1.96. The average Bonchev–Trinajstić information content (AvgIpc) is 1.82. The van der Waals surface area contributed by atoms with Crippen molar-refractivity contribution in [3.05, 3.63) is 28.4 Å². The molecule has 0 bridgehead atoms. The first-order valence-corrected chi connectivity index (χ1v) is 2.66. The number of nitrogens with zero attached hydrogens (tertiary/aromatic N) is 1. The van der Waals surface area contributed by atoms with Gasteiger partial charge in [-0.2, -0.15) is 0 Å². The molecule has 1 heterocycles. The number of aromatic nitrogens is 1. The third-order valence-corrected chi connectivity index (χ3v) is 1.09. The van der Waals surface area contributed by atoms with E-state index in [1.54, 1.807) is 0 Å². The zero-order valence-electron chi connectivity index (χ0n) is 5.34. The van der Waals surface area contributed by atoms with Crippen molar-refractivity contribution < 1.29 is 9.50 Å². The Hall–Kier alpha value is -1.32. The molecule has 0 spiro atoms. The van der Waals surface area contributed by atoms with Crippen LogP contribution in [0.2, 0.25) is 0 Å². The van der Waals surface area contributed by atoms with E-state index in [4.69, 9.17) is 5.11 Å². The third kappa shape index (κ3) is 1.00. The fraction of sp³-hybridized carbons (Fsp3) is 0.167. The summed E-state index contributed by atoms with van der Waals surface area (Å²) in [5.74, 6) is -1.51. The summed E-state index contributed by atoms with van der Waals surface area (Å²) in [7, 11) is 1.52. The van der Waals surface area contributed by atoms with Gasteiger partial charge in [-0.25, -0.2) is 4.39 Å². The van der Waals surface area contributed by atoms with Gasteiger partial charge in [0.15, 0.2) is 11.6 Å². The normalized spacial score (nSPS) is 9.80. The maximum absolute atomic E-state index is 12.3. The summed E-state index contributed by atoms with van der Waals surface area (Å²) in [4.78, 5) is 10.5. The molecule has 0 amide bonds. The predicted molar refractivity (Wildman–Crippen MR) is 33.3 cm³/mol. The largest absolute Gasteiger partial charge is 0.503 e. The van der Waals surface area contributed by atoms with Gasteiger partial charge in [0.1, 0.15) is 0 Å². The van der Waals surface area contributed by atoms with Crippen molar-refractivity contribution in [1.29, 1.82) is 0 Å². The molecule has 3 nitrogen and oxygen atoms in total. The molecule has 0 saturated carbocycles. The van der Waals surface area contributed by atoms with Crippen LogP contribution in [0, 0.1) is 5.82 Å². The summed E-state index contributed by atoms with van der Waals surface area (Å²) >= 11 is 0. The van der Waals surface area contributed by atoms with Gasteiger partial charge in [-0.3, -0.25) is 4.79 Å². The smallest absolute Gasteiger partial charge is 0.258 e. The lowest BCUT2D eigenvalue weighted by atomic mass is 10.4. The predicted octanol–water partition coefficient (Wildman–Crippen LogP) is 0.230. The van der Waals surface area contributed by atoms with Gasteiger partial charge in [0.25, 0.3) is 5.43 Å². The third-order valence-electron chi connectivity index (χ3n) is 1.09. The topological polar surface area (TPSA) is 42.2 Å². The first kappa shape index (κ1) is 6.80. The van der Waals surface area contributed by atoms with Gasteiger partial charge in [0, 0.05) is 19.4 Å². The fourth-order valence-electron chi connectivity index (χ4n) is 0.649. The first-order chi connectivity index (χ1) is 4.61. The molecule has 0 saturated heterocycles. The van der Waals surface area contributed by atoms with Gasteiger partial charge in [-0.15, -0.1) is 0 Å². The summed E-state index contributed by atoms with van der Waals surface area (Å²) in [5, 5.41) is 8.71. The number of halogens is 1. The van der Waals surface area contributed by atoms with E-state index in [1.807, 2.05) is 0 Å². The molecule has 0 radical (unpaired) electrons. The Bertz CT molecular complexity index is 279. The molecule has 0 aliphatic rings. The highest BCUT2D eigenvalue weighted by Gasteiger charge is 2.02. The second kappa shape index (κ2) is 2.13. The Morgan fingerprint density at radius 1 is 1.60 bits per heavy atom. The molecule has 0 aliphatic heterocycles. The SMILES string of the molecule is Cn1cc(O)c(=O)c(F)c1. The van der Waals surface area contributed by atoms with Gasteiger partial charge >= 0.3 is 0 Å². The number of rotatable bonds is 0. The molecule has 0 unspecified atom stereocenters. The van der Waals surface area contributed by atoms with Crippen LogP contribution >= 0.6 is 0 Å². The van der Waals surface area contributed by atoms with Gasteiger partial charge in [0.05, 0.1) is 0 Å². The van der Waals surface area contributed by atoms with Crippen LogP contribution in [-0.2, 0) is 7.05 Å². The van der Waals surface area contributed by atoms with Crippen molar-refractivity contribution >= 4 is 0 Å². The van der Waals surface area contributed by atoms with Gasteiger partial charge in [-0.1, -0.05) is 0 Å². The highest BCUT2D eigenvalue weighted by Crippen LogP contribution is 1.99. The standard InChI is InChI=1S/C6H6FNO2/c1-8-2-4(7)6(10)5(9)3-8/h2-3,9H,1H3. The molecule has 1 rings (SSSR count). The Morgan fingerprint density at radius 3 is 2.70 bits per heavy atom. The maximum atomic E-state index is 12.3. The van der Waals surface area contributed by atoms with E-state index < -0.39 is 17.0 Å². The average molecular weight is 143 g/mol. The van der Waals surface area contributed by atoms with Crippen molar-refractivity contribution in [1.82, 2.24) is 4.57 Å². The van der Waals surface area contributed by atoms with Crippen LogP contribution in [0.15, 0.2) is 17.2 Å². The van der Waals surface area contributed by atoms with E-state index >= 15 is 0 Å². The first-order valence-electron chi connectivity index (χ1n) is 2.66. The summed E-state index contributed by atoms with van der Waals surface area (Å²) in [6.45, 7) is 0.